The third-order valence-electron chi connectivity index (χ3n) is 2.40. The Morgan fingerprint density at radius 3 is 2.72 bits per heavy atom. The maximum absolute atomic E-state index is 11.2. The van der Waals surface area contributed by atoms with E-state index < -0.39 is 9.84 Å². The molecule has 0 aliphatic rings. The summed E-state index contributed by atoms with van der Waals surface area (Å²) in [5.74, 6) is 0.643. The fraction of sp³-hybridized carbons (Fsp3) is 0.417. The van der Waals surface area contributed by atoms with Crippen molar-refractivity contribution in [3.8, 4) is 5.75 Å². The topological polar surface area (TPSA) is 60.4 Å². The largest absolute Gasteiger partial charge is 0.493 e. The Hall–Kier alpha value is -1.07. The van der Waals surface area contributed by atoms with Gasteiger partial charge in [0.2, 0.25) is 0 Å². The van der Waals surface area contributed by atoms with Crippen molar-refractivity contribution in [1.82, 2.24) is 0 Å². The number of aldehydes is 1. The van der Waals surface area contributed by atoms with Crippen LogP contribution in [0.4, 0.5) is 0 Å². The monoisotopic (exact) mass is 290 g/mol. The van der Waals surface area contributed by atoms with Crippen molar-refractivity contribution in [2.75, 3.05) is 18.1 Å². The number of hydrogen-bond acceptors (Lipinski definition) is 4. The number of halogens is 1. The minimum Gasteiger partial charge on any atom is -0.493 e. The summed E-state index contributed by atoms with van der Waals surface area (Å²) in [4.78, 5) is 10.8. The van der Waals surface area contributed by atoms with Crippen molar-refractivity contribution in [2.45, 2.75) is 13.3 Å². The molecule has 4 nitrogen and oxygen atoms in total. The highest BCUT2D eigenvalue weighted by atomic mass is 35.5. The zero-order chi connectivity index (χ0) is 13.6. The van der Waals surface area contributed by atoms with Gasteiger partial charge in [0.1, 0.15) is 15.6 Å². The van der Waals surface area contributed by atoms with E-state index in [1.54, 1.807) is 19.1 Å². The average Bonchev–Trinajstić information content (AvgIpc) is 2.36. The van der Waals surface area contributed by atoms with Crippen LogP contribution in [0.3, 0.4) is 0 Å². The second kappa shape index (κ2) is 6.75. The first-order valence-corrected chi connectivity index (χ1v) is 7.76. The van der Waals surface area contributed by atoms with E-state index in [9.17, 15) is 13.2 Å². The summed E-state index contributed by atoms with van der Waals surface area (Å²) in [5, 5.41) is 0.456. The van der Waals surface area contributed by atoms with Gasteiger partial charge in [0.25, 0.3) is 0 Å². The summed E-state index contributed by atoms with van der Waals surface area (Å²) >= 11 is 5.74. The van der Waals surface area contributed by atoms with Gasteiger partial charge in [-0.2, -0.15) is 0 Å². The van der Waals surface area contributed by atoms with Crippen molar-refractivity contribution in [3.63, 3.8) is 0 Å². The van der Waals surface area contributed by atoms with Crippen molar-refractivity contribution in [1.29, 1.82) is 0 Å². The molecule has 0 amide bonds. The molecule has 100 valence electrons. The molecular formula is C12H15ClO4S. The van der Waals surface area contributed by atoms with Gasteiger partial charge in [0.05, 0.1) is 17.9 Å². The molecule has 0 aromatic heterocycles. The SMILES string of the molecule is CCS(=O)(=O)CCCOc1ccc(Cl)cc1C=O. The normalized spacial score (nSPS) is 11.2. The van der Waals surface area contributed by atoms with Crippen LogP contribution in [0.2, 0.25) is 5.02 Å². The van der Waals surface area contributed by atoms with E-state index in [0.717, 1.165) is 0 Å². The van der Waals surface area contributed by atoms with Gasteiger partial charge >= 0.3 is 0 Å². The fourth-order valence-electron chi connectivity index (χ4n) is 1.35. The molecule has 0 saturated heterocycles. The summed E-state index contributed by atoms with van der Waals surface area (Å²) in [6.45, 7) is 1.86. The lowest BCUT2D eigenvalue weighted by Gasteiger charge is -2.08. The van der Waals surface area contributed by atoms with Crippen molar-refractivity contribution < 1.29 is 17.9 Å². The maximum Gasteiger partial charge on any atom is 0.153 e. The van der Waals surface area contributed by atoms with E-state index in [0.29, 0.717) is 29.0 Å². The molecule has 0 bridgehead atoms. The quantitative estimate of drug-likeness (QED) is 0.571. The van der Waals surface area contributed by atoms with Gasteiger partial charge in [-0.25, -0.2) is 8.42 Å². The minimum absolute atomic E-state index is 0.0908. The third kappa shape index (κ3) is 4.66. The number of benzene rings is 1. The molecule has 0 fully saturated rings. The van der Waals surface area contributed by atoms with Crippen LogP contribution in [0.5, 0.6) is 5.75 Å². The van der Waals surface area contributed by atoms with Crippen LogP contribution in [-0.4, -0.2) is 32.8 Å². The first-order chi connectivity index (χ1) is 8.48. The second-order valence-corrected chi connectivity index (χ2v) is 6.65. The summed E-state index contributed by atoms with van der Waals surface area (Å²) in [6.07, 6.45) is 1.06. The summed E-state index contributed by atoms with van der Waals surface area (Å²) < 4.78 is 27.9. The number of carbonyl (C=O) groups excluding carboxylic acids is 1. The molecule has 0 atom stereocenters. The van der Waals surface area contributed by atoms with Crippen LogP contribution in [0.15, 0.2) is 18.2 Å². The molecule has 0 radical (unpaired) electrons. The standard InChI is InChI=1S/C12H15ClO4S/c1-2-18(15,16)7-3-6-17-12-5-4-11(13)8-10(12)9-14/h4-5,8-9H,2-3,6-7H2,1H3. The molecule has 1 rings (SSSR count). The number of ether oxygens (including phenoxy) is 1. The Balaban J connectivity index is 2.52. The Morgan fingerprint density at radius 2 is 2.11 bits per heavy atom. The van der Waals surface area contributed by atoms with Crippen LogP contribution >= 0.6 is 11.6 Å². The molecule has 0 aliphatic carbocycles. The Morgan fingerprint density at radius 1 is 1.39 bits per heavy atom. The Labute approximate surface area is 112 Å². The Kier molecular flexibility index (Phi) is 5.62. The van der Waals surface area contributed by atoms with Gasteiger partial charge in [0, 0.05) is 10.8 Å². The van der Waals surface area contributed by atoms with Gasteiger partial charge in [-0.15, -0.1) is 0 Å². The van der Waals surface area contributed by atoms with Crippen LogP contribution in [-0.2, 0) is 9.84 Å². The predicted octanol–water partition coefficient (Wildman–Crippen LogP) is 2.36. The lowest BCUT2D eigenvalue weighted by molar-refractivity contribution is 0.111. The molecule has 1 aromatic carbocycles. The number of sulfone groups is 1. The lowest BCUT2D eigenvalue weighted by atomic mass is 10.2. The van der Waals surface area contributed by atoms with Crippen LogP contribution in [0, 0.1) is 0 Å². The first-order valence-electron chi connectivity index (χ1n) is 5.56. The van der Waals surface area contributed by atoms with Gasteiger partial charge in [-0.05, 0) is 24.6 Å². The number of rotatable bonds is 7. The van der Waals surface area contributed by atoms with Crippen molar-refractivity contribution >= 4 is 27.7 Å². The van der Waals surface area contributed by atoms with Gasteiger partial charge in [-0.3, -0.25) is 4.79 Å². The molecule has 0 spiro atoms. The van der Waals surface area contributed by atoms with Crippen molar-refractivity contribution in [2.24, 2.45) is 0 Å². The molecule has 18 heavy (non-hydrogen) atoms. The van der Waals surface area contributed by atoms with Crippen LogP contribution in [0.25, 0.3) is 0 Å². The van der Waals surface area contributed by atoms with E-state index in [4.69, 9.17) is 16.3 Å². The summed E-state index contributed by atoms with van der Waals surface area (Å²) in [7, 11) is -2.97. The van der Waals surface area contributed by atoms with E-state index in [-0.39, 0.29) is 18.1 Å². The van der Waals surface area contributed by atoms with E-state index in [1.807, 2.05) is 0 Å². The molecule has 0 saturated carbocycles. The highest BCUT2D eigenvalue weighted by Gasteiger charge is 2.08. The molecule has 0 aliphatic heterocycles. The fourth-order valence-corrected chi connectivity index (χ4v) is 2.38. The third-order valence-corrected chi connectivity index (χ3v) is 4.42. The van der Waals surface area contributed by atoms with Crippen LogP contribution in [0.1, 0.15) is 23.7 Å². The number of hydrogen-bond donors (Lipinski definition) is 0. The first kappa shape index (κ1) is 15.0. The van der Waals surface area contributed by atoms with E-state index in [2.05, 4.69) is 0 Å². The lowest BCUT2D eigenvalue weighted by Crippen LogP contribution is -2.12. The highest BCUT2D eigenvalue weighted by molar-refractivity contribution is 7.91. The number of carbonyl (C=O) groups is 1. The van der Waals surface area contributed by atoms with E-state index >= 15 is 0 Å². The van der Waals surface area contributed by atoms with Gasteiger partial charge in [-0.1, -0.05) is 18.5 Å². The zero-order valence-corrected chi connectivity index (χ0v) is 11.6. The Bertz CT molecular complexity index is 511. The maximum atomic E-state index is 11.2. The zero-order valence-electron chi connectivity index (χ0n) is 10.1. The second-order valence-electron chi connectivity index (χ2n) is 3.74. The molecule has 0 N–H and O–H groups in total. The highest BCUT2D eigenvalue weighted by Crippen LogP contribution is 2.21. The average molecular weight is 291 g/mol. The summed E-state index contributed by atoms with van der Waals surface area (Å²) in [6, 6.07) is 4.72. The molecule has 6 heteroatoms. The van der Waals surface area contributed by atoms with Gasteiger partial charge in [0.15, 0.2) is 6.29 Å². The molecule has 0 unspecified atom stereocenters. The molecule has 1 aromatic rings. The van der Waals surface area contributed by atoms with Crippen molar-refractivity contribution in [3.05, 3.63) is 28.8 Å². The minimum atomic E-state index is -2.97. The molecular weight excluding hydrogens is 276 g/mol. The smallest absolute Gasteiger partial charge is 0.153 e. The van der Waals surface area contributed by atoms with E-state index in [1.165, 1.54) is 6.07 Å². The summed E-state index contributed by atoms with van der Waals surface area (Å²) in [5.41, 5.74) is 0.362. The van der Waals surface area contributed by atoms with Gasteiger partial charge < -0.3 is 4.74 Å². The molecule has 0 heterocycles. The predicted molar refractivity (Wildman–Crippen MR) is 71.3 cm³/mol. The van der Waals surface area contributed by atoms with Crippen LogP contribution < -0.4 is 4.74 Å².